The topological polar surface area (TPSA) is 95.9 Å². The molecule has 2 aromatic carbocycles. The maximum absolute atomic E-state index is 12.6. The third-order valence-corrected chi connectivity index (χ3v) is 3.76. The Hall–Kier alpha value is -3.32. The lowest BCUT2D eigenvalue weighted by atomic mass is 10.1. The van der Waals surface area contributed by atoms with Gasteiger partial charge in [0.2, 0.25) is 0 Å². The predicted octanol–water partition coefficient (Wildman–Crippen LogP) is 2.26. The van der Waals surface area contributed by atoms with Crippen LogP contribution in [0.15, 0.2) is 54.1 Å². The molecule has 0 bridgehead atoms. The lowest BCUT2D eigenvalue weighted by molar-refractivity contribution is -0.139. The minimum atomic E-state index is -1.15. The van der Waals surface area contributed by atoms with Gasteiger partial charge in [0.25, 0.3) is 11.8 Å². The first-order chi connectivity index (χ1) is 12.5. The Balaban J connectivity index is 1.94. The number of carboxylic acids is 1. The summed E-state index contributed by atoms with van der Waals surface area (Å²) >= 11 is 5.97. The molecule has 0 unspecified atom stereocenters. The number of carbonyl (C=O) groups excluding carboxylic acids is 2. The van der Waals surface area contributed by atoms with Crippen LogP contribution in [0.5, 0.6) is 5.75 Å². The standard InChI is InChI=1S/C18H13ClN2O5/c19-12-6-7-15(26-10-16(22)23)11(8-12)9-14-17(24)20-21(18(14)25)13-4-2-1-3-5-13/h1-9H,10H2,(H,20,24)(H,22,23)/b14-9-. The van der Waals surface area contributed by atoms with E-state index in [1.54, 1.807) is 30.3 Å². The summed E-state index contributed by atoms with van der Waals surface area (Å²) in [5.74, 6) is -2.07. The number of amides is 2. The molecule has 0 saturated carbocycles. The summed E-state index contributed by atoms with van der Waals surface area (Å²) in [7, 11) is 0. The molecule has 0 aromatic heterocycles. The molecule has 7 nitrogen and oxygen atoms in total. The van der Waals surface area contributed by atoms with E-state index in [0.29, 0.717) is 16.3 Å². The van der Waals surface area contributed by atoms with E-state index in [0.717, 1.165) is 5.01 Å². The average molecular weight is 373 g/mol. The van der Waals surface area contributed by atoms with Gasteiger partial charge in [-0.05, 0) is 36.4 Å². The molecule has 8 heteroatoms. The Labute approximate surface area is 153 Å². The fourth-order valence-electron chi connectivity index (χ4n) is 2.37. The van der Waals surface area contributed by atoms with Crippen LogP contribution in [-0.4, -0.2) is 29.5 Å². The number of hydrogen-bond acceptors (Lipinski definition) is 4. The van der Waals surface area contributed by atoms with E-state index >= 15 is 0 Å². The normalized spacial score (nSPS) is 15.3. The Morgan fingerprint density at radius 3 is 2.62 bits per heavy atom. The number of para-hydroxylation sites is 1. The van der Waals surface area contributed by atoms with E-state index in [2.05, 4.69) is 5.43 Å². The Bertz CT molecular complexity index is 911. The molecule has 26 heavy (non-hydrogen) atoms. The summed E-state index contributed by atoms with van der Waals surface area (Å²) in [6.45, 7) is -0.561. The summed E-state index contributed by atoms with van der Waals surface area (Å²) in [4.78, 5) is 35.5. The lowest BCUT2D eigenvalue weighted by Crippen LogP contribution is -2.35. The molecule has 2 amide bonds. The van der Waals surface area contributed by atoms with E-state index in [-0.39, 0.29) is 11.3 Å². The molecule has 1 saturated heterocycles. The fourth-order valence-corrected chi connectivity index (χ4v) is 2.56. The van der Waals surface area contributed by atoms with E-state index in [9.17, 15) is 14.4 Å². The zero-order valence-electron chi connectivity index (χ0n) is 13.3. The number of ether oxygens (including phenoxy) is 1. The first-order valence-corrected chi connectivity index (χ1v) is 7.90. The summed E-state index contributed by atoms with van der Waals surface area (Å²) in [6.07, 6.45) is 1.32. The van der Waals surface area contributed by atoms with Crippen LogP contribution in [0, 0.1) is 0 Å². The molecule has 1 heterocycles. The minimum absolute atomic E-state index is 0.115. The maximum Gasteiger partial charge on any atom is 0.341 e. The molecule has 132 valence electrons. The molecule has 3 rings (SSSR count). The number of hydrogen-bond donors (Lipinski definition) is 2. The van der Waals surface area contributed by atoms with Gasteiger partial charge in [-0.15, -0.1) is 0 Å². The Kier molecular flexibility index (Phi) is 4.90. The number of benzene rings is 2. The SMILES string of the molecule is O=C(O)COc1ccc(Cl)cc1/C=C1/C(=O)NN(c2ccccc2)C1=O. The second kappa shape index (κ2) is 7.28. The number of carbonyl (C=O) groups is 3. The van der Waals surface area contributed by atoms with Crippen LogP contribution in [0.2, 0.25) is 5.02 Å². The highest BCUT2D eigenvalue weighted by atomic mass is 35.5. The second-order valence-corrected chi connectivity index (χ2v) is 5.78. The summed E-state index contributed by atoms with van der Waals surface area (Å²) < 4.78 is 5.19. The molecule has 2 N–H and O–H groups in total. The predicted molar refractivity (Wildman–Crippen MR) is 94.6 cm³/mol. The van der Waals surface area contributed by atoms with Gasteiger partial charge in [0.05, 0.1) is 5.69 Å². The van der Waals surface area contributed by atoms with Crippen LogP contribution in [0.25, 0.3) is 6.08 Å². The molecule has 1 aliphatic heterocycles. The van der Waals surface area contributed by atoms with Gasteiger partial charge < -0.3 is 9.84 Å². The largest absolute Gasteiger partial charge is 0.481 e. The zero-order valence-corrected chi connectivity index (χ0v) is 14.1. The Morgan fingerprint density at radius 2 is 1.92 bits per heavy atom. The van der Waals surface area contributed by atoms with Crippen LogP contribution in [0.1, 0.15) is 5.56 Å². The van der Waals surface area contributed by atoms with Gasteiger partial charge in [-0.3, -0.25) is 15.0 Å². The van der Waals surface area contributed by atoms with Crippen LogP contribution in [-0.2, 0) is 14.4 Å². The number of halogens is 1. The van der Waals surface area contributed by atoms with Crippen LogP contribution >= 0.6 is 11.6 Å². The molecular formula is C18H13ClN2O5. The van der Waals surface area contributed by atoms with E-state index in [1.807, 2.05) is 0 Å². The molecule has 2 aromatic rings. The van der Waals surface area contributed by atoms with Gasteiger partial charge in [-0.2, -0.15) is 0 Å². The van der Waals surface area contributed by atoms with Gasteiger partial charge in [0, 0.05) is 10.6 Å². The molecule has 1 fully saturated rings. The van der Waals surface area contributed by atoms with Crippen molar-refractivity contribution in [3.8, 4) is 5.75 Å². The van der Waals surface area contributed by atoms with Crippen molar-refractivity contribution in [3.63, 3.8) is 0 Å². The van der Waals surface area contributed by atoms with Crippen molar-refractivity contribution in [2.24, 2.45) is 0 Å². The smallest absolute Gasteiger partial charge is 0.341 e. The second-order valence-electron chi connectivity index (χ2n) is 5.34. The number of aliphatic carboxylic acids is 1. The van der Waals surface area contributed by atoms with Crippen LogP contribution in [0.3, 0.4) is 0 Å². The monoisotopic (exact) mass is 372 g/mol. The van der Waals surface area contributed by atoms with Gasteiger partial charge in [-0.1, -0.05) is 29.8 Å². The van der Waals surface area contributed by atoms with Crippen LogP contribution < -0.4 is 15.2 Å². The highest BCUT2D eigenvalue weighted by Gasteiger charge is 2.34. The molecule has 0 atom stereocenters. The van der Waals surface area contributed by atoms with Crippen molar-refractivity contribution >= 4 is 41.1 Å². The molecule has 0 aliphatic carbocycles. The molecule has 0 spiro atoms. The van der Waals surface area contributed by atoms with Crippen LogP contribution in [0.4, 0.5) is 5.69 Å². The number of anilines is 1. The summed E-state index contributed by atoms with van der Waals surface area (Å²) in [6, 6.07) is 13.1. The average Bonchev–Trinajstić information content (AvgIpc) is 2.90. The third kappa shape index (κ3) is 3.68. The van der Waals surface area contributed by atoms with Crippen molar-refractivity contribution in [2.75, 3.05) is 11.6 Å². The fraction of sp³-hybridized carbons (Fsp3) is 0.0556. The van der Waals surface area contributed by atoms with Crippen molar-refractivity contribution < 1.29 is 24.2 Å². The highest BCUT2D eigenvalue weighted by molar-refractivity contribution is 6.32. The van der Waals surface area contributed by atoms with E-state index < -0.39 is 24.4 Å². The third-order valence-electron chi connectivity index (χ3n) is 3.53. The Morgan fingerprint density at radius 1 is 1.19 bits per heavy atom. The quantitative estimate of drug-likeness (QED) is 0.620. The van der Waals surface area contributed by atoms with E-state index in [4.69, 9.17) is 21.4 Å². The maximum atomic E-state index is 12.6. The molecular weight excluding hydrogens is 360 g/mol. The van der Waals surface area contributed by atoms with Gasteiger partial charge in [0.15, 0.2) is 6.61 Å². The van der Waals surface area contributed by atoms with Crippen molar-refractivity contribution in [3.05, 3.63) is 64.7 Å². The number of nitrogens with zero attached hydrogens (tertiary/aromatic N) is 1. The number of rotatable bonds is 5. The van der Waals surface area contributed by atoms with Crippen molar-refractivity contribution in [2.45, 2.75) is 0 Å². The van der Waals surface area contributed by atoms with Crippen molar-refractivity contribution in [1.29, 1.82) is 0 Å². The number of nitrogens with one attached hydrogen (secondary N) is 1. The summed E-state index contributed by atoms with van der Waals surface area (Å²) in [5.41, 5.74) is 3.21. The lowest BCUT2D eigenvalue weighted by Gasteiger charge is -2.14. The van der Waals surface area contributed by atoms with Gasteiger partial charge >= 0.3 is 5.97 Å². The van der Waals surface area contributed by atoms with Crippen molar-refractivity contribution in [1.82, 2.24) is 5.43 Å². The number of hydrazine groups is 1. The number of carboxylic acid groups (broad SMARTS) is 1. The molecule has 1 aliphatic rings. The minimum Gasteiger partial charge on any atom is -0.481 e. The molecule has 0 radical (unpaired) electrons. The van der Waals surface area contributed by atoms with Gasteiger partial charge in [0.1, 0.15) is 11.3 Å². The highest BCUT2D eigenvalue weighted by Crippen LogP contribution is 2.28. The summed E-state index contributed by atoms with van der Waals surface area (Å²) in [5, 5.41) is 10.2. The zero-order chi connectivity index (χ0) is 18.7. The van der Waals surface area contributed by atoms with Gasteiger partial charge in [-0.25, -0.2) is 9.80 Å². The van der Waals surface area contributed by atoms with E-state index in [1.165, 1.54) is 24.3 Å². The first kappa shape index (κ1) is 17.5. The first-order valence-electron chi connectivity index (χ1n) is 7.52.